The number of hydrogen-bond acceptors (Lipinski definition) is 3. The zero-order valence-electron chi connectivity index (χ0n) is 7.03. The molecule has 1 rings (SSSR count). The van der Waals surface area contributed by atoms with Gasteiger partial charge >= 0.3 is 6.03 Å². The van der Waals surface area contributed by atoms with Crippen LogP contribution < -0.4 is 10.6 Å². The monoisotopic (exact) mass is 181 g/mol. The van der Waals surface area contributed by atoms with Crippen molar-refractivity contribution < 1.29 is 9.90 Å². The van der Waals surface area contributed by atoms with Crippen LogP contribution >= 0.6 is 0 Å². The predicted molar refractivity (Wildman–Crippen MR) is 48.3 cm³/mol. The van der Waals surface area contributed by atoms with Gasteiger partial charge in [0, 0.05) is 24.6 Å². The number of aromatic nitrogens is 1. The van der Waals surface area contributed by atoms with Gasteiger partial charge in [-0.15, -0.1) is 0 Å². The fraction of sp³-hybridized carbons (Fsp3) is 0.250. The van der Waals surface area contributed by atoms with Gasteiger partial charge in [-0.3, -0.25) is 4.98 Å². The first-order valence-electron chi connectivity index (χ1n) is 3.88. The Morgan fingerprint density at radius 3 is 2.77 bits per heavy atom. The smallest absolute Gasteiger partial charge is 0.319 e. The van der Waals surface area contributed by atoms with E-state index in [9.17, 15) is 4.79 Å². The molecule has 1 aromatic heterocycles. The third kappa shape index (κ3) is 3.53. The molecule has 5 nitrogen and oxygen atoms in total. The zero-order chi connectivity index (χ0) is 9.52. The maximum Gasteiger partial charge on any atom is 0.319 e. The molecule has 70 valence electrons. The van der Waals surface area contributed by atoms with Crippen LogP contribution in [0.1, 0.15) is 0 Å². The van der Waals surface area contributed by atoms with Crippen molar-refractivity contribution in [2.45, 2.75) is 0 Å². The average Bonchev–Trinajstić information content (AvgIpc) is 2.16. The second kappa shape index (κ2) is 5.10. The first kappa shape index (κ1) is 9.47. The van der Waals surface area contributed by atoms with Crippen molar-refractivity contribution in [2.75, 3.05) is 18.5 Å². The molecular weight excluding hydrogens is 170 g/mol. The molecule has 1 aromatic rings. The molecule has 0 spiro atoms. The minimum atomic E-state index is -0.333. The van der Waals surface area contributed by atoms with Gasteiger partial charge in [-0.1, -0.05) is 0 Å². The van der Waals surface area contributed by atoms with Crippen LogP contribution in [0.2, 0.25) is 0 Å². The number of rotatable bonds is 3. The quantitative estimate of drug-likeness (QED) is 0.623. The Morgan fingerprint density at radius 2 is 2.15 bits per heavy atom. The fourth-order valence-electron chi connectivity index (χ4n) is 0.780. The van der Waals surface area contributed by atoms with Crippen LogP contribution in [0.4, 0.5) is 10.5 Å². The number of urea groups is 1. The standard InChI is InChI=1S/C8H11N3O2/c12-6-5-10-8(13)11-7-1-3-9-4-2-7/h1-4,12H,5-6H2,(H2,9,10,11,13). The average molecular weight is 181 g/mol. The van der Waals surface area contributed by atoms with E-state index in [4.69, 9.17) is 5.11 Å². The molecule has 0 saturated carbocycles. The Kier molecular flexibility index (Phi) is 3.72. The van der Waals surface area contributed by atoms with E-state index in [1.54, 1.807) is 24.5 Å². The summed E-state index contributed by atoms with van der Waals surface area (Å²) in [6, 6.07) is 3.03. The molecule has 0 aliphatic carbocycles. The van der Waals surface area contributed by atoms with Gasteiger partial charge in [-0.2, -0.15) is 0 Å². The summed E-state index contributed by atoms with van der Waals surface area (Å²) in [4.78, 5) is 14.8. The number of hydrogen-bond donors (Lipinski definition) is 3. The van der Waals surface area contributed by atoms with Crippen LogP contribution in [0.25, 0.3) is 0 Å². The second-order valence-electron chi connectivity index (χ2n) is 2.34. The molecule has 5 heteroatoms. The minimum Gasteiger partial charge on any atom is -0.395 e. The van der Waals surface area contributed by atoms with E-state index in [1.165, 1.54) is 0 Å². The van der Waals surface area contributed by atoms with Crippen molar-refractivity contribution in [3.8, 4) is 0 Å². The molecule has 1 heterocycles. The lowest BCUT2D eigenvalue weighted by atomic mass is 10.4. The number of aliphatic hydroxyl groups excluding tert-OH is 1. The summed E-state index contributed by atoms with van der Waals surface area (Å²) in [5.41, 5.74) is 0.672. The van der Waals surface area contributed by atoms with Crippen molar-refractivity contribution in [3.63, 3.8) is 0 Å². The largest absolute Gasteiger partial charge is 0.395 e. The van der Waals surface area contributed by atoms with Crippen LogP contribution in [-0.4, -0.2) is 29.3 Å². The molecule has 3 N–H and O–H groups in total. The Labute approximate surface area is 75.8 Å². The van der Waals surface area contributed by atoms with Gasteiger partial charge in [-0.25, -0.2) is 4.79 Å². The van der Waals surface area contributed by atoms with Gasteiger partial charge in [0.25, 0.3) is 0 Å². The summed E-state index contributed by atoms with van der Waals surface area (Å²) in [7, 11) is 0. The summed E-state index contributed by atoms with van der Waals surface area (Å²) in [6.45, 7) is 0.181. The molecule has 13 heavy (non-hydrogen) atoms. The van der Waals surface area contributed by atoms with Crippen LogP contribution in [0.5, 0.6) is 0 Å². The summed E-state index contributed by atoms with van der Waals surface area (Å²) >= 11 is 0. The Balaban J connectivity index is 2.37. The van der Waals surface area contributed by atoms with E-state index in [0.717, 1.165) is 0 Å². The van der Waals surface area contributed by atoms with E-state index in [2.05, 4.69) is 15.6 Å². The van der Waals surface area contributed by atoms with Crippen molar-refractivity contribution in [1.29, 1.82) is 0 Å². The normalized spacial score (nSPS) is 9.31. The summed E-state index contributed by atoms with van der Waals surface area (Å²) in [6.07, 6.45) is 3.17. The molecule has 0 atom stereocenters. The van der Waals surface area contributed by atoms with E-state index in [0.29, 0.717) is 5.69 Å². The number of anilines is 1. The highest BCUT2D eigenvalue weighted by Crippen LogP contribution is 2.01. The summed E-state index contributed by atoms with van der Waals surface area (Å²) < 4.78 is 0. The number of nitrogens with one attached hydrogen (secondary N) is 2. The summed E-state index contributed by atoms with van der Waals surface area (Å²) in [5, 5.41) is 13.5. The molecule has 0 fully saturated rings. The van der Waals surface area contributed by atoms with Crippen LogP contribution in [0.15, 0.2) is 24.5 Å². The Hall–Kier alpha value is -1.62. The van der Waals surface area contributed by atoms with Gasteiger partial charge in [0.05, 0.1) is 6.61 Å². The lowest BCUT2D eigenvalue weighted by Crippen LogP contribution is -2.30. The molecule has 0 saturated heterocycles. The minimum absolute atomic E-state index is 0.0657. The molecule has 0 bridgehead atoms. The van der Waals surface area contributed by atoms with Crippen molar-refractivity contribution >= 4 is 11.7 Å². The molecule has 2 amide bonds. The molecule has 0 aromatic carbocycles. The van der Waals surface area contributed by atoms with E-state index in [-0.39, 0.29) is 19.2 Å². The number of amides is 2. The third-order valence-corrected chi connectivity index (χ3v) is 1.34. The third-order valence-electron chi connectivity index (χ3n) is 1.34. The number of pyridine rings is 1. The topological polar surface area (TPSA) is 74.2 Å². The van der Waals surface area contributed by atoms with Crippen molar-refractivity contribution in [1.82, 2.24) is 10.3 Å². The second-order valence-corrected chi connectivity index (χ2v) is 2.34. The number of carbonyl (C=O) groups is 1. The van der Waals surface area contributed by atoms with E-state index < -0.39 is 0 Å². The highest BCUT2D eigenvalue weighted by Gasteiger charge is 1.98. The highest BCUT2D eigenvalue weighted by molar-refractivity contribution is 5.88. The highest BCUT2D eigenvalue weighted by atomic mass is 16.3. The van der Waals surface area contributed by atoms with Gasteiger partial charge in [-0.05, 0) is 12.1 Å². The molecule has 0 aliphatic heterocycles. The van der Waals surface area contributed by atoms with Crippen LogP contribution in [0, 0.1) is 0 Å². The van der Waals surface area contributed by atoms with Crippen molar-refractivity contribution in [2.24, 2.45) is 0 Å². The molecule has 0 radical (unpaired) electrons. The molecule has 0 unspecified atom stereocenters. The lowest BCUT2D eigenvalue weighted by Gasteiger charge is -2.04. The van der Waals surface area contributed by atoms with E-state index >= 15 is 0 Å². The molecule has 0 aliphatic rings. The predicted octanol–water partition coefficient (Wildman–Crippen LogP) is 0.195. The van der Waals surface area contributed by atoms with E-state index in [1.807, 2.05) is 0 Å². The maximum absolute atomic E-state index is 11.0. The Bertz CT molecular complexity index is 263. The van der Waals surface area contributed by atoms with Gasteiger partial charge in [0.2, 0.25) is 0 Å². The fourth-order valence-corrected chi connectivity index (χ4v) is 0.780. The van der Waals surface area contributed by atoms with Gasteiger partial charge in [0.1, 0.15) is 0 Å². The van der Waals surface area contributed by atoms with Gasteiger partial charge < -0.3 is 15.7 Å². The maximum atomic E-state index is 11.0. The summed E-state index contributed by atoms with van der Waals surface area (Å²) in [5.74, 6) is 0. The van der Waals surface area contributed by atoms with Crippen molar-refractivity contribution in [3.05, 3.63) is 24.5 Å². The first-order chi connectivity index (χ1) is 6.33. The number of aliphatic hydroxyl groups is 1. The lowest BCUT2D eigenvalue weighted by molar-refractivity contribution is 0.245. The van der Waals surface area contributed by atoms with Crippen LogP contribution in [-0.2, 0) is 0 Å². The first-order valence-corrected chi connectivity index (χ1v) is 3.88. The SMILES string of the molecule is O=C(NCCO)Nc1ccncc1. The zero-order valence-corrected chi connectivity index (χ0v) is 7.03. The number of carbonyl (C=O) groups excluding carboxylic acids is 1. The number of nitrogens with zero attached hydrogens (tertiary/aromatic N) is 1. The Morgan fingerprint density at radius 1 is 1.46 bits per heavy atom. The molecular formula is C8H11N3O2. The van der Waals surface area contributed by atoms with Crippen LogP contribution in [0.3, 0.4) is 0 Å². The van der Waals surface area contributed by atoms with Gasteiger partial charge in [0.15, 0.2) is 0 Å².